The molecule has 2 rings (SSSR count). The van der Waals surface area contributed by atoms with Crippen molar-refractivity contribution in [2.75, 3.05) is 27.7 Å². The van der Waals surface area contributed by atoms with E-state index in [0.717, 1.165) is 23.4 Å². The maximum atomic E-state index is 11.4. The lowest BCUT2D eigenvalue weighted by molar-refractivity contribution is -0.120. The van der Waals surface area contributed by atoms with E-state index < -0.39 is 0 Å². The van der Waals surface area contributed by atoms with Crippen molar-refractivity contribution < 1.29 is 9.53 Å². The topological polar surface area (TPSA) is 41.6 Å². The Labute approximate surface area is 144 Å². The molecule has 1 unspecified atom stereocenters. The molecular formula is C20H26N2O2. The Morgan fingerprint density at radius 2 is 1.83 bits per heavy atom. The molecule has 0 radical (unpaired) electrons. The van der Waals surface area contributed by atoms with Crippen LogP contribution in [0.2, 0.25) is 0 Å². The second-order valence-electron chi connectivity index (χ2n) is 5.90. The van der Waals surface area contributed by atoms with Crippen molar-refractivity contribution in [3.05, 3.63) is 54.1 Å². The quantitative estimate of drug-likeness (QED) is 0.847. The minimum atomic E-state index is 0.0700. The van der Waals surface area contributed by atoms with Gasteiger partial charge >= 0.3 is 0 Å². The third-order valence-corrected chi connectivity index (χ3v) is 4.44. The number of amides is 1. The second-order valence-corrected chi connectivity index (χ2v) is 5.90. The summed E-state index contributed by atoms with van der Waals surface area (Å²) in [6, 6.07) is 16.8. The first-order valence-electron chi connectivity index (χ1n) is 8.21. The Morgan fingerprint density at radius 3 is 2.46 bits per heavy atom. The monoisotopic (exact) mass is 326 g/mol. The zero-order valence-electron chi connectivity index (χ0n) is 14.9. The third kappa shape index (κ3) is 4.36. The van der Waals surface area contributed by atoms with Crippen molar-refractivity contribution in [2.24, 2.45) is 0 Å². The number of hydrogen-bond donors (Lipinski definition) is 1. The first-order chi connectivity index (χ1) is 11.6. The average Bonchev–Trinajstić information content (AvgIpc) is 2.65. The van der Waals surface area contributed by atoms with Crippen molar-refractivity contribution in [3.63, 3.8) is 0 Å². The Balaban J connectivity index is 2.09. The predicted octanol–water partition coefficient (Wildman–Crippen LogP) is 3.49. The van der Waals surface area contributed by atoms with Crippen LogP contribution in [0.25, 0.3) is 11.1 Å². The van der Waals surface area contributed by atoms with E-state index in [0.29, 0.717) is 6.42 Å². The summed E-state index contributed by atoms with van der Waals surface area (Å²) >= 11 is 0. The molecule has 24 heavy (non-hydrogen) atoms. The van der Waals surface area contributed by atoms with Gasteiger partial charge in [0.2, 0.25) is 5.91 Å². The fraction of sp³-hybridized carbons (Fsp3) is 0.350. The van der Waals surface area contributed by atoms with Crippen molar-refractivity contribution in [3.8, 4) is 16.9 Å². The number of nitrogens with zero attached hydrogens (tertiary/aromatic N) is 1. The highest BCUT2D eigenvalue weighted by atomic mass is 16.5. The molecule has 0 aromatic heterocycles. The van der Waals surface area contributed by atoms with E-state index in [4.69, 9.17) is 4.74 Å². The normalized spacial score (nSPS) is 12.0. The van der Waals surface area contributed by atoms with Gasteiger partial charge in [-0.2, -0.15) is 0 Å². The molecule has 0 fully saturated rings. The summed E-state index contributed by atoms with van der Waals surface area (Å²) in [6.45, 7) is 2.89. The SMILES string of the molecule is CNC(=O)CCN(C)C(C)c1ccc(-c2ccccc2OC)cc1. The predicted molar refractivity (Wildman–Crippen MR) is 98.2 cm³/mol. The summed E-state index contributed by atoms with van der Waals surface area (Å²) in [7, 11) is 5.40. The fourth-order valence-electron chi connectivity index (χ4n) is 2.68. The summed E-state index contributed by atoms with van der Waals surface area (Å²) in [6.07, 6.45) is 0.511. The van der Waals surface area contributed by atoms with Crippen molar-refractivity contribution in [2.45, 2.75) is 19.4 Å². The van der Waals surface area contributed by atoms with Crippen LogP contribution in [0, 0.1) is 0 Å². The summed E-state index contributed by atoms with van der Waals surface area (Å²) in [5.41, 5.74) is 3.46. The van der Waals surface area contributed by atoms with Crippen molar-refractivity contribution >= 4 is 5.91 Å². The number of carbonyl (C=O) groups excluding carboxylic acids is 1. The lowest BCUT2D eigenvalue weighted by Gasteiger charge is -2.25. The van der Waals surface area contributed by atoms with Gasteiger partial charge in [-0.15, -0.1) is 0 Å². The number of benzene rings is 2. The number of para-hydroxylation sites is 1. The molecular weight excluding hydrogens is 300 g/mol. The molecule has 0 saturated heterocycles. The van der Waals surface area contributed by atoms with E-state index in [1.165, 1.54) is 5.56 Å². The summed E-state index contributed by atoms with van der Waals surface area (Å²) in [5, 5.41) is 2.66. The van der Waals surface area contributed by atoms with Gasteiger partial charge in [-0.25, -0.2) is 0 Å². The lowest BCUT2D eigenvalue weighted by Crippen LogP contribution is -2.28. The molecule has 0 heterocycles. The average molecular weight is 326 g/mol. The summed E-state index contributed by atoms with van der Waals surface area (Å²) in [4.78, 5) is 13.6. The number of carbonyl (C=O) groups is 1. The van der Waals surface area contributed by atoms with Crippen LogP contribution in [0.15, 0.2) is 48.5 Å². The molecule has 0 aliphatic carbocycles. The van der Waals surface area contributed by atoms with Crippen LogP contribution >= 0.6 is 0 Å². The first kappa shape index (κ1) is 18.0. The number of ether oxygens (including phenoxy) is 1. The highest BCUT2D eigenvalue weighted by molar-refractivity contribution is 5.75. The van der Waals surface area contributed by atoms with E-state index in [1.807, 2.05) is 25.2 Å². The minimum Gasteiger partial charge on any atom is -0.496 e. The van der Waals surface area contributed by atoms with E-state index in [1.54, 1.807) is 14.2 Å². The number of nitrogens with one attached hydrogen (secondary N) is 1. The molecule has 0 saturated carbocycles. The van der Waals surface area contributed by atoms with Crippen LogP contribution in [0.1, 0.15) is 24.9 Å². The van der Waals surface area contributed by atoms with Crippen LogP contribution in [-0.4, -0.2) is 38.6 Å². The minimum absolute atomic E-state index is 0.0700. The van der Waals surface area contributed by atoms with Crippen LogP contribution in [-0.2, 0) is 4.79 Å². The number of rotatable bonds is 7. The van der Waals surface area contributed by atoms with E-state index in [2.05, 4.69) is 47.5 Å². The molecule has 2 aromatic carbocycles. The maximum absolute atomic E-state index is 11.4. The van der Waals surface area contributed by atoms with Gasteiger partial charge in [0.1, 0.15) is 5.75 Å². The molecule has 2 aromatic rings. The largest absolute Gasteiger partial charge is 0.496 e. The van der Waals surface area contributed by atoms with Gasteiger partial charge in [-0.05, 0) is 31.2 Å². The highest BCUT2D eigenvalue weighted by Crippen LogP contribution is 2.30. The van der Waals surface area contributed by atoms with Gasteiger partial charge in [0.15, 0.2) is 0 Å². The molecule has 0 spiro atoms. The molecule has 0 bridgehead atoms. The van der Waals surface area contributed by atoms with Gasteiger partial charge in [0.05, 0.1) is 7.11 Å². The Bertz CT molecular complexity index is 668. The van der Waals surface area contributed by atoms with Gasteiger partial charge in [-0.3, -0.25) is 9.69 Å². The zero-order chi connectivity index (χ0) is 17.5. The molecule has 1 N–H and O–H groups in total. The number of methoxy groups -OCH3 is 1. The van der Waals surface area contributed by atoms with Crippen molar-refractivity contribution in [1.82, 2.24) is 10.2 Å². The lowest BCUT2D eigenvalue weighted by atomic mass is 10.00. The van der Waals surface area contributed by atoms with Crippen molar-refractivity contribution in [1.29, 1.82) is 0 Å². The van der Waals surface area contributed by atoms with Gasteiger partial charge in [0, 0.05) is 31.6 Å². The van der Waals surface area contributed by atoms with Gasteiger partial charge < -0.3 is 10.1 Å². The summed E-state index contributed by atoms with van der Waals surface area (Å²) in [5.74, 6) is 0.946. The Morgan fingerprint density at radius 1 is 1.17 bits per heavy atom. The Kier molecular flexibility index (Phi) is 6.38. The smallest absolute Gasteiger partial charge is 0.221 e. The molecule has 1 atom stereocenters. The highest BCUT2D eigenvalue weighted by Gasteiger charge is 2.13. The second kappa shape index (κ2) is 8.50. The van der Waals surface area contributed by atoms with E-state index in [-0.39, 0.29) is 11.9 Å². The van der Waals surface area contributed by atoms with Gasteiger partial charge in [0.25, 0.3) is 0 Å². The third-order valence-electron chi connectivity index (χ3n) is 4.44. The first-order valence-corrected chi connectivity index (χ1v) is 8.21. The van der Waals surface area contributed by atoms with Crippen LogP contribution in [0.3, 0.4) is 0 Å². The van der Waals surface area contributed by atoms with E-state index >= 15 is 0 Å². The molecule has 0 aliphatic rings. The van der Waals surface area contributed by atoms with Crippen LogP contribution in [0.5, 0.6) is 5.75 Å². The molecule has 0 aliphatic heterocycles. The molecule has 4 heteroatoms. The maximum Gasteiger partial charge on any atom is 0.221 e. The summed E-state index contributed by atoms with van der Waals surface area (Å²) < 4.78 is 5.43. The molecule has 128 valence electrons. The van der Waals surface area contributed by atoms with Crippen LogP contribution in [0.4, 0.5) is 0 Å². The van der Waals surface area contributed by atoms with E-state index in [9.17, 15) is 4.79 Å². The molecule has 1 amide bonds. The fourth-order valence-corrected chi connectivity index (χ4v) is 2.68. The number of hydrogen-bond acceptors (Lipinski definition) is 3. The Hall–Kier alpha value is -2.33. The zero-order valence-corrected chi connectivity index (χ0v) is 14.9. The molecule has 4 nitrogen and oxygen atoms in total. The van der Waals surface area contributed by atoms with Crippen LogP contribution < -0.4 is 10.1 Å². The van der Waals surface area contributed by atoms with Gasteiger partial charge in [-0.1, -0.05) is 42.5 Å². The standard InChI is InChI=1S/C20H26N2O2/c1-15(22(3)14-13-20(23)21-2)16-9-11-17(12-10-16)18-7-5-6-8-19(18)24-4/h5-12,15H,13-14H2,1-4H3,(H,21,23).